The smallest absolute Gasteiger partial charge is 0.259 e. The molecule has 2 aromatic rings. The Morgan fingerprint density at radius 1 is 1.50 bits per heavy atom. The van der Waals surface area contributed by atoms with Crippen molar-refractivity contribution in [1.29, 1.82) is 0 Å². The van der Waals surface area contributed by atoms with Gasteiger partial charge in [0, 0.05) is 19.1 Å². The molecule has 1 aliphatic heterocycles. The zero-order valence-corrected chi connectivity index (χ0v) is 14.7. The fourth-order valence-corrected chi connectivity index (χ4v) is 3.12. The Bertz CT molecular complexity index is 731. The number of hydrogen-bond donors (Lipinski definition) is 1. The number of likely N-dealkylation sites (tertiary alicyclic amines) is 1. The van der Waals surface area contributed by atoms with E-state index >= 15 is 0 Å². The molecule has 1 fully saturated rings. The maximum absolute atomic E-state index is 14.2. The molecular weight excluding hydrogens is 356 g/mol. The summed E-state index contributed by atoms with van der Waals surface area (Å²) in [6.07, 6.45) is 1.73. The zero-order chi connectivity index (χ0) is 16.6. The second-order valence-corrected chi connectivity index (χ2v) is 6.12. The molecule has 0 radical (unpaired) electrons. The summed E-state index contributed by atoms with van der Waals surface area (Å²) in [6, 6.07) is 4.28. The molecule has 5 nitrogen and oxygen atoms in total. The highest BCUT2D eigenvalue weighted by molar-refractivity contribution is 6.33. The van der Waals surface area contributed by atoms with Crippen LogP contribution in [0.25, 0.3) is 11.3 Å². The van der Waals surface area contributed by atoms with Crippen molar-refractivity contribution in [3.05, 3.63) is 40.4 Å². The number of halogens is 3. The number of nitrogens with zero attached hydrogens (tertiary/aromatic N) is 2. The fourth-order valence-electron chi connectivity index (χ4n) is 2.87. The normalized spacial score (nSPS) is 17.5. The van der Waals surface area contributed by atoms with E-state index < -0.39 is 5.82 Å². The maximum atomic E-state index is 14.2. The van der Waals surface area contributed by atoms with Gasteiger partial charge in [-0.15, -0.1) is 12.4 Å². The van der Waals surface area contributed by atoms with Crippen LogP contribution >= 0.6 is 24.0 Å². The Kier molecular flexibility index (Phi) is 5.85. The van der Waals surface area contributed by atoms with E-state index in [-0.39, 0.29) is 46.2 Å². The Morgan fingerprint density at radius 2 is 2.25 bits per heavy atom. The fraction of sp³-hybridized carbons (Fsp3) is 0.375. The summed E-state index contributed by atoms with van der Waals surface area (Å²) < 4.78 is 19.3. The summed E-state index contributed by atoms with van der Waals surface area (Å²) in [7, 11) is 0. The van der Waals surface area contributed by atoms with Crippen molar-refractivity contribution in [3.63, 3.8) is 0 Å². The van der Waals surface area contributed by atoms with Gasteiger partial charge in [-0.2, -0.15) is 0 Å². The van der Waals surface area contributed by atoms with Gasteiger partial charge < -0.3 is 15.2 Å². The minimum absolute atomic E-state index is 0. The lowest BCUT2D eigenvalue weighted by Gasteiger charge is -2.30. The summed E-state index contributed by atoms with van der Waals surface area (Å²) in [4.78, 5) is 14.5. The number of amides is 1. The number of aromatic nitrogens is 1. The van der Waals surface area contributed by atoms with E-state index in [4.69, 9.17) is 21.9 Å². The minimum atomic E-state index is -0.546. The Balaban J connectivity index is 0.00000208. The standard InChI is InChI=1S/C16H17ClFN3O2.ClH/c1-9-13(16(22)21-7-3-4-10(19)8-21)15(20-23-9)14-11(17)5-2-6-12(14)18;/h2,5-6,10H,3-4,7-8,19H2,1H3;1H. The summed E-state index contributed by atoms with van der Waals surface area (Å²) in [5, 5.41) is 4.05. The predicted octanol–water partition coefficient (Wildman–Crippen LogP) is 3.43. The van der Waals surface area contributed by atoms with Crippen molar-refractivity contribution >= 4 is 29.9 Å². The van der Waals surface area contributed by atoms with E-state index in [0.29, 0.717) is 18.8 Å². The van der Waals surface area contributed by atoms with E-state index in [0.717, 1.165) is 12.8 Å². The number of hydrogen-bond acceptors (Lipinski definition) is 4. The molecule has 1 aromatic carbocycles. The van der Waals surface area contributed by atoms with Gasteiger partial charge in [-0.25, -0.2) is 4.39 Å². The molecule has 1 aromatic heterocycles. The van der Waals surface area contributed by atoms with Crippen molar-refractivity contribution in [2.24, 2.45) is 5.73 Å². The largest absolute Gasteiger partial charge is 0.360 e. The van der Waals surface area contributed by atoms with Gasteiger partial charge in [0.1, 0.15) is 22.8 Å². The maximum Gasteiger partial charge on any atom is 0.259 e. The molecule has 8 heteroatoms. The Morgan fingerprint density at radius 3 is 2.92 bits per heavy atom. The van der Waals surface area contributed by atoms with Crippen LogP contribution < -0.4 is 5.73 Å². The first-order valence-corrected chi connectivity index (χ1v) is 7.82. The molecule has 0 aliphatic carbocycles. The van der Waals surface area contributed by atoms with Crippen LogP contribution in [-0.4, -0.2) is 35.1 Å². The van der Waals surface area contributed by atoms with Crippen LogP contribution in [0.3, 0.4) is 0 Å². The molecule has 0 spiro atoms. The van der Waals surface area contributed by atoms with Crippen LogP contribution in [0.4, 0.5) is 4.39 Å². The zero-order valence-electron chi connectivity index (χ0n) is 13.1. The quantitative estimate of drug-likeness (QED) is 0.874. The van der Waals surface area contributed by atoms with Crippen molar-refractivity contribution in [1.82, 2.24) is 10.1 Å². The molecule has 2 N–H and O–H groups in total. The first-order chi connectivity index (χ1) is 11.0. The third kappa shape index (κ3) is 3.41. The highest BCUT2D eigenvalue weighted by Gasteiger charge is 2.30. The molecule has 24 heavy (non-hydrogen) atoms. The van der Waals surface area contributed by atoms with Crippen molar-refractivity contribution in [2.75, 3.05) is 13.1 Å². The van der Waals surface area contributed by atoms with Crippen LogP contribution in [0.5, 0.6) is 0 Å². The lowest BCUT2D eigenvalue weighted by atomic mass is 10.0. The topological polar surface area (TPSA) is 72.4 Å². The third-order valence-electron chi connectivity index (χ3n) is 4.02. The van der Waals surface area contributed by atoms with Crippen molar-refractivity contribution in [3.8, 4) is 11.3 Å². The SMILES string of the molecule is Cc1onc(-c2c(F)cccc2Cl)c1C(=O)N1CCCC(N)C1.Cl. The molecule has 1 amide bonds. The molecule has 0 bridgehead atoms. The molecular formula is C16H18Cl2FN3O2. The average Bonchev–Trinajstić information content (AvgIpc) is 2.88. The first-order valence-electron chi connectivity index (χ1n) is 7.44. The summed E-state index contributed by atoms with van der Waals surface area (Å²) >= 11 is 6.09. The van der Waals surface area contributed by atoms with Crippen molar-refractivity contribution in [2.45, 2.75) is 25.8 Å². The second kappa shape index (κ2) is 7.51. The number of carbonyl (C=O) groups is 1. The first kappa shape index (κ1) is 18.7. The average molecular weight is 374 g/mol. The number of carbonyl (C=O) groups excluding carboxylic acids is 1. The molecule has 1 unspecified atom stereocenters. The number of rotatable bonds is 2. The van der Waals surface area contributed by atoms with Gasteiger partial charge in [-0.05, 0) is 31.9 Å². The monoisotopic (exact) mass is 373 g/mol. The van der Waals surface area contributed by atoms with Crippen LogP contribution in [-0.2, 0) is 0 Å². The van der Waals surface area contributed by atoms with Crippen molar-refractivity contribution < 1.29 is 13.7 Å². The number of nitrogens with two attached hydrogens (primary N) is 1. The predicted molar refractivity (Wildman–Crippen MR) is 92.0 cm³/mol. The highest BCUT2D eigenvalue weighted by atomic mass is 35.5. The number of piperidine rings is 1. The van der Waals surface area contributed by atoms with Crippen LogP contribution in [0.1, 0.15) is 29.0 Å². The van der Waals surface area contributed by atoms with Crippen LogP contribution in [0.15, 0.2) is 22.7 Å². The molecule has 0 saturated carbocycles. The van der Waals surface area contributed by atoms with E-state index in [2.05, 4.69) is 5.16 Å². The summed E-state index contributed by atoms with van der Waals surface area (Å²) in [5.74, 6) is -0.466. The molecule has 2 heterocycles. The minimum Gasteiger partial charge on any atom is -0.360 e. The summed E-state index contributed by atoms with van der Waals surface area (Å²) in [6.45, 7) is 2.71. The van der Waals surface area contributed by atoms with Crippen LogP contribution in [0.2, 0.25) is 5.02 Å². The van der Waals surface area contributed by atoms with Gasteiger partial charge in [0.05, 0.1) is 10.6 Å². The van der Waals surface area contributed by atoms with Gasteiger partial charge >= 0.3 is 0 Å². The van der Waals surface area contributed by atoms with Gasteiger partial charge in [-0.1, -0.05) is 22.8 Å². The Labute approximate surface area is 150 Å². The van der Waals surface area contributed by atoms with Gasteiger partial charge in [0.2, 0.25) is 0 Å². The Hall–Kier alpha value is -1.63. The van der Waals surface area contributed by atoms with Gasteiger partial charge in [0.25, 0.3) is 5.91 Å². The van der Waals surface area contributed by atoms with E-state index in [1.165, 1.54) is 12.1 Å². The highest BCUT2D eigenvalue weighted by Crippen LogP contribution is 2.34. The molecule has 130 valence electrons. The van der Waals surface area contributed by atoms with E-state index in [1.54, 1.807) is 17.9 Å². The number of aryl methyl sites for hydroxylation is 1. The lowest BCUT2D eigenvalue weighted by molar-refractivity contribution is 0.0707. The molecule has 1 atom stereocenters. The second-order valence-electron chi connectivity index (χ2n) is 5.71. The molecule has 1 saturated heterocycles. The van der Waals surface area contributed by atoms with Gasteiger partial charge in [0.15, 0.2) is 0 Å². The van der Waals surface area contributed by atoms with Gasteiger partial charge in [-0.3, -0.25) is 4.79 Å². The summed E-state index contributed by atoms with van der Waals surface area (Å²) in [5.41, 5.74) is 6.39. The number of benzene rings is 1. The van der Waals surface area contributed by atoms with E-state index in [9.17, 15) is 9.18 Å². The molecule has 3 rings (SSSR count). The molecule has 1 aliphatic rings. The third-order valence-corrected chi connectivity index (χ3v) is 4.34. The van der Waals surface area contributed by atoms with E-state index in [1.807, 2.05) is 0 Å². The van der Waals surface area contributed by atoms with Crippen LogP contribution in [0, 0.1) is 12.7 Å². The lowest BCUT2D eigenvalue weighted by Crippen LogP contribution is -2.45.